The summed E-state index contributed by atoms with van der Waals surface area (Å²) in [5.41, 5.74) is -0.0577. The molecule has 0 atom stereocenters. The van der Waals surface area contributed by atoms with E-state index < -0.39 is 0 Å². The maximum atomic E-state index is 11.3. The molecule has 1 spiro atoms. The lowest BCUT2D eigenvalue weighted by molar-refractivity contribution is -0.170. The molecule has 1 saturated heterocycles. The van der Waals surface area contributed by atoms with Crippen molar-refractivity contribution in [2.75, 3.05) is 0 Å². The summed E-state index contributed by atoms with van der Waals surface area (Å²) in [6, 6.07) is 0. The highest BCUT2D eigenvalue weighted by atomic mass is 16.6. The van der Waals surface area contributed by atoms with Crippen LogP contribution in [0.25, 0.3) is 0 Å². The minimum atomic E-state index is -0.320. The lowest BCUT2D eigenvalue weighted by Crippen LogP contribution is -2.39. The van der Waals surface area contributed by atoms with E-state index in [9.17, 15) is 9.59 Å². The minimum Gasteiger partial charge on any atom is -0.393 e. The Labute approximate surface area is 96.5 Å². The van der Waals surface area contributed by atoms with Crippen LogP contribution < -0.4 is 0 Å². The minimum absolute atomic E-state index is 0.0577. The summed E-state index contributed by atoms with van der Waals surface area (Å²) < 4.78 is 4.61. The fourth-order valence-electron chi connectivity index (χ4n) is 3.15. The van der Waals surface area contributed by atoms with Gasteiger partial charge in [0.1, 0.15) is 0 Å². The second-order valence-corrected chi connectivity index (χ2v) is 5.78. The molecule has 3 heteroatoms. The summed E-state index contributed by atoms with van der Waals surface area (Å²) in [4.78, 5) is 22.6. The molecule has 2 aliphatic rings. The van der Waals surface area contributed by atoms with Gasteiger partial charge in [-0.05, 0) is 42.9 Å². The smallest absolute Gasteiger partial charge is 0.314 e. The monoisotopic (exact) mass is 224 g/mol. The summed E-state index contributed by atoms with van der Waals surface area (Å²) in [7, 11) is 0. The fourth-order valence-corrected chi connectivity index (χ4v) is 3.15. The Morgan fingerprint density at radius 3 is 2.06 bits per heavy atom. The highest BCUT2D eigenvalue weighted by Gasteiger charge is 2.43. The number of hydrogen-bond acceptors (Lipinski definition) is 3. The van der Waals surface area contributed by atoms with E-state index >= 15 is 0 Å². The van der Waals surface area contributed by atoms with Gasteiger partial charge in [0.05, 0.1) is 12.8 Å². The van der Waals surface area contributed by atoms with Gasteiger partial charge in [0.15, 0.2) is 0 Å². The third-order valence-electron chi connectivity index (χ3n) is 4.30. The van der Waals surface area contributed by atoms with Crippen LogP contribution in [0.4, 0.5) is 0 Å². The predicted molar refractivity (Wildman–Crippen MR) is 59.6 cm³/mol. The molecule has 0 unspecified atom stereocenters. The molecule has 1 saturated carbocycles. The van der Waals surface area contributed by atoms with E-state index in [-0.39, 0.29) is 17.4 Å². The van der Waals surface area contributed by atoms with Gasteiger partial charge in [0.2, 0.25) is 0 Å². The maximum absolute atomic E-state index is 11.3. The lowest BCUT2D eigenvalue weighted by Gasteiger charge is -2.41. The van der Waals surface area contributed by atoms with Gasteiger partial charge in [-0.15, -0.1) is 0 Å². The molecule has 2 rings (SSSR count). The van der Waals surface area contributed by atoms with Crippen LogP contribution in [0, 0.1) is 17.3 Å². The zero-order chi connectivity index (χ0) is 11.8. The van der Waals surface area contributed by atoms with Crippen molar-refractivity contribution in [1.29, 1.82) is 0 Å². The molecule has 1 heterocycles. The average Bonchev–Trinajstić information content (AvgIpc) is 2.16. The molecule has 0 aromatic carbocycles. The van der Waals surface area contributed by atoms with Crippen molar-refractivity contribution in [2.45, 2.75) is 52.4 Å². The van der Waals surface area contributed by atoms with Gasteiger partial charge >= 0.3 is 11.9 Å². The number of ether oxygens (including phenoxy) is 1. The zero-order valence-corrected chi connectivity index (χ0v) is 10.1. The molecule has 1 aliphatic carbocycles. The lowest BCUT2D eigenvalue weighted by atomic mass is 9.64. The topological polar surface area (TPSA) is 43.4 Å². The first-order chi connectivity index (χ1) is 7.51. The number of hydrogen-bond donors (Lipinski definition) is 0. The van der Waals surface area contributed by atoms with Crippen LogP contribution >= 0.6 is 0 Å². The highest BCUT2D eigenvalue weighted by molar-refractivity contribution is 5.89. The third kappa shape index (κ3) is 2.28. The second-order valence-electron chi connectivity index (χ2n) is 5.78. The first-order valence-electron chi connectivity index (χ1n) is 6.24. The van der Waals surface area contributed by atoms with E-state index in [1.54, 1.807) is 0 Å². The normalized spacial score (nSPS) is 26.2. The van der Waals surface area contributed by atoms with Crippen LogP contribution in [0.5, 0.6) is 0 Å². The van der Waals surface area contributed by atoms with E-state index in [0.29, 0.717) is 18.8 Å². The Morgan fingerprint density at radius 1 is 1.12 bits per heavy atom. The van der Waals surface area contributed by atoms with Gasteiger partial charge in [-0.2, -0.15) is 0 Å². The predicted octanol–water partition coefficient (Wildman–Crippen LogP) is 2.68. The maximum Gasteiger partial charge on any atom is 0.314 e. The quantitative estimate of drug-likeness (QED) is 0.508. The Kier molecular flexibility index (Phi) is 3.04. The molecule has 90 valence electrons. The molecule has 1 aliphatic heterocycles. The molecule has 0 amide bonds. The van der Waals surface area contributed by atoms with E-state index in [4.69, 9.17) is 0 Å². The summed E-state index contributed by atoms with van der Waals surface area (Å²) in [5.74, 6) is 0.834. The van der Waals surface area contributed by atoms with Gasteiger partial charge in [0, 0.05) is 0 Å². The Hall–Kier alpha value is -0.860. The summed E-state index contributed by atoms with van der Waals surface area (Å²) in [6.07, 6.45) is 5.22. The fraction of sp³-hybridized carbons (Fsp3) is 0.846. The number of cyclic esters (lactones) is 2. The molecule has 0 aromatic rings. The number of esters is 2. The SMILES string of the molecule is CC(C)C1CCC2(CC1)CC(=O)OC(=O)C2. The first-order valence-corrected chi connectivity index (χ1v) is 6.24. The molecule has 0 radical (unpaired) electrons. The van der Waals surface area contributed by atoms with Crippen LogP contribution in [0.1, 0.15) is 52.4 Å². The van der Waals surface area contributed by atoms with Gasteiger partial charge in [-0.3, -0.25) is 9.59 Å². The van der Waals surface area contributed by atoms with Crippen molar-refractivity contribution >= 4 is 11.9 Å². The van der Waals surface area contributed by atoms with Crippen molar-refractivity contribution in [2.24, 2.45) is 17.3 Å². The standard InChI is InChI=1S/C13H20O3/c1-9(2)10-3-5-13(6-4-10)7-11(14)16-12(15)8-13/h9-10H,3-8H2,1-2H3. The molecule has 3 nitrogen and oxygen atoms in total. The van der Waals surface area contributed by atoms with Gasteiger partial charge < -0.3 is 4.74 Å². The number of carbonyl (C=O) groups excluding carboxylic acids is 2. The molecule has 0 N–H and O–H groups in total. The van der Waals surface area contributed by atoms with Crippen molar-refractivity contribution in [1.82, 2.24) is 0 Å². The van der Waals surface area contributed by atoms with E-state index in [1.165, 1.54) is 0 Å². The molecule has 0 aromatic heterocycles. The Morgan fingerprint density at radius 2 is 1.62 bits per heavy atom. The average molecular weight is 224 g/mol. The molecule has 0 bridgehead atoms. The summed E-state index contributed by atoms with van der Waals surface area (Å²) in [6.45, 7) is 4.51. The molecular formula is C13H20O3. The van der Waals surface area contributed by atoms with Gasteiger partial charge in [-0.1, -0.05) is 13.8 Å². The van der Waals surface area contributed by atoms with E-state index in [2.05, 4.69) is 18.6 Å². The largest absolute Gasteiger partial charge is 0.393 e. The third-order valence-corrected chi connectivity index (χ3v) is 4.30. The van der Waals surface area contributed by atoms with Crippen LogP contribution in [0.15, 0.2) is 0 Å². The highest BCUT2D eigenvalue weighted by Crippen LogP contribution is 2.47. The van der Waals surface area contributed by atoms with Crippen LogP contribution in [-0.4, -0.2) is 11.9 Å². The second kappa shape index (κ2) is 4.19. The van der Waals surface area contributed by atoms with Crippen LogP contribution in [-0.2, 0) is 14.3 Å². The zero-order valence-electron chi connectivity index (χ0n) is 10.1. The number of rotatable bonds is 1. The van der Waals surface area contributed by atoms with E-state index in [0.717, 1.165) is 31.6 Å². The van der Waals surface area contributed by atoms with Crippen LogP contribution in [0.2, 0.25) is 0 Å². The van der Waals surface area contributed by atoms with Crippen molar-refractivity contribution in [3.8, 4) is 0 Å². The van der Waals surface area contributed by atoms with Crippen molar-refractivity contribution < 1.29 is 14.3 Å². The van der Waals surface area contributed by atoms with Crippen molar-refractivity contribution in [3.63, 3.8) is 0 Å². The van der Waals surface area contributed by atoms with Gasteiger partial charge in [0.25, 0.3) is 0 Å². The Bertz CT molecular complexity index is 280. The van der Waals surface area contributed by atoms with Crippen molar-refractivity contribution in [3.05, 3.63) is 0 Å². The summed E-state index contributed by atoms with van der Waals surface area (Å²) >= 11 is 0. The molecule has 2 fully saturated rings. The first kappa shape index (κ1) is 11.6. The summed E-state index contributed by atoms with van der Waals surface area (Å²) in [5, 5.41) is 0. The molecular weight excluding hydrogens is 204 g/mol. The Balaban J connectivity index is 2.00. The van der Waals surface area contributed by atoms with E-state index in [1.807, 2.05) is 0 Å². The number of carbonyl (C=O) groups is 2. The van der Waals surface area contributed by atoms with Gasteiger partial charge in [-0.25, -0.2) is 0 Å². The molecule has 16 heavy (non-hydrogen) atoms. The van der Waals surface area contributed by atoms with Crippen LogP contribution in [0.3, 0.4) is 0 Å².